The lowest BCUT2D eigenvalue weighted by atomic mass is 10.2. The summed E-state index contributed by atoms with van der Waals surface area (Å²) in [6.07, 6.45) is 2.77. The fourth-order valence-electron chi connectivity index (χ4n) is 2.57. The minimum absolute atomic E-state index is 0.229. The molecule has 1 aromatic carbocycles. The molecule has 6 nitrogen and oxygen atoms in total. The smallest absolute Gasteiger partial charge is 0.323 e. The number of likely N-dealkylation sites (tertiary alicyclic amines) is 1. The van der Waals surface area contributed by atoms with Crippen LogP contribution in [-0.4, -0.2) is 46.8 Å². The van der Waals surface area contributed by atoms with E-state index in [0.717, 1.165) is 31.2 Å². The summed E-state index contributed by atoms with van der Waals surface area (Å²) in [4.78, 5) is 28.2. The van der Waals surface area contributed by atoms with Crippen molar-refractivity contribution >= 4 is 18.0 Å². The molecule has 6 heteroatoms. The molecule has 0 unspecified atom stereocenters. The summed E-state index contributed by atoms with van der Waals surface area (Å²) < 4.78 is 5.36. The van der Waals surface area contributed by atoms with Crippen LogP contribution in [0.15, 0.2) is 30.3 Å². The number of esters is 1. The Morgan fingerprint density at radius 1 is 1.36 bits per heavy atom. The molecule has 0 amide bonds. The van der Waals surface area contributed by atoms with Crippen LogP contribution in [0.5, 0.6) is 0 Å². The number of hydrogen-bond acceptors (Lipinski definition) is 4. The second kappa shape index (κ2) is 8.22. The summed E-state index contributed by atoms with van der Waals surface area (Å²) in [5.74, 6) is -0.504. The Morgan fingerprint density at radius 3 is 2.86 bits per heavy atom. The van der Waals surface area contributed by atoms with E-state index in [1.807, 2.05) is 35.2 Å². The molecule has 0 bridgehead atoms. The van der Waals surface area contributed by atoms with E-state index in [2.05, 4.69) is 4.79 Å². The van der Waals surface area contributed by atoms with E-state index in [1.165, 1.54) is 0 Å². The normalized spacial score (nSPS) is 17.7. The van der Waals surface area contributed by atoms with Crippen molar-refractivity contribution in [3.8, 4) is 0 Å². The third-order valence-electron chi connectivity index (χ3n) is 3.71. The van der Waals surface area contributed by atoms with Gasteiger partial charge in [-0.15, -0.1) is 0 Å². The van der Waals surface area contributed by atoms with Gasteiger partial charge in [-0.1, -0.05) is 30.3 Å². The highest BCUT2D eigenvalue weighted by Crippen LogP contribution is 2.19. The Morgan fingerprint density at radius 2 is 2.14 bits per heavy atom. The molecule has 1 saturated heterocycles. The molecule has 1 atom stereocenters. The monoisotopic (exact) mass is 301 g/mol. The van der Waals surface area contributed by atoms with Crippen LogP contribution < -0.4 is 0 Å². The first-order valence-electron chi connectivity index (χ1n) is 7.35. The molecule has 0 saturated carbocycles. The Balaban J connectivity index is 1.82. The zero-order valence-electron chi connectivity index (χ0n) is 12.4. The molecule has 22 heavy (non-hydrogen) atoms. The van der Waals surface area contributed by atoms with Crippen molar-refractivity contribution in [3.63, 3.8) is 0 Å². The van der Waals surface area contributed by atoms with Crippen LogP contribution in [0.3, 0.4) is 0 Å². The maximum atomic E-state index is 12.2. The van der Waals surface area contributed by atoms with Gasteiger partial charge in [-0.3, -0.25) is 14.5 Å². The van der Waals surface area contributed by atoms with E-state index in [-0.39, 0.29) is 30.8 Å². The number of benzene rings is 1. The van der Waals surface area contributed by atoms with Crippen molar-refractivity contribution in [3.05, 3.63) is 41.4 Å². The third-order valence-corrected chi connectivity index (χ3v) is 3.71. The van der Waals surface area contributed by atoms with Gasteiger partial charge >= 0.3 is 12.2 Å². The van der Waals surface area contributed by atoms with Crippen LogP contribution in [-0.2, 0) is 20.9 Å². The number of ketones is 1. The molecule has 0 aromatic heterocycles. The van der Waals surface area contributed by atoms with E-state index >= 15 is 0 Å². The highest BCUT2D eigenvalue weighted by Gasteiger charge is 2.32. The number of hydrogen-bond donors (Lipinski definition) is 0. The molecule has 1 aliphatic heterocycles. The number of nitrogens with zero attached hydrogens (tertiary/aromatic N) is 3. The predicted octanol–water partition coefficient (Wildman–Crippen LogP) is 1.45. The Kier molecular flexibility index (Phi) is 6.01. The largest absolute Gasteiger partial charge is 0.460 e. The number of rotatable bonds is 7. The predicted molar refractivity (Wildman–Crippen MR) is 80.1 cm³/mol. The molecule has 0 spiro atoms. The van der Waals surface area contributed by atoms with Crippen molar-refractivity contribution in [2.75, 3.05) is 13.1 Å². The SMILES string of the molecule is [N-]=[N+]=CC(=O)CCN1CCC[C@H]1C(=O)OCc1ccccc1. The highest BCUT2D eigenvalue weighted by molar-refractivity contribution is 6.25. The summed E-state index contributed by atoms with van der Waals surface area (Å²) in [5.41, 5.74) is 9.26. The van der Waals surface area contributed by atoms with Gasteiger partial charge < -0.3 is 10.3 Å². The Labute approximate surface area is 129 Å². The average Bonchev–Trinajstić information content (AvgIpc) is 3.00. The van der Waals surface area contributed by atoms with Gasteiger partial charge in [-0.2, -0.15) is 4.79 Å². The zero-order chi connectivity index (χ0) is 15.8. The fraction of sp³-hybridized carbons (Fsp3) is 0.438. The van der Waals surface area contributed by atoms with Crippen molar-refractivity contribution in [2.24, 2.45) is 0 Å². The minimum atomic E-state index is -0.289. The molecule has 0 radical (unpaired) electrons. The van der Waals surface area contributed by atoms with E-state index in [0.29, 0.717) is 6.54 Å². The number of carbonyl (C=O) groups is 2. The molecule has 0 N–H and O–H groups in total. The van der Waals surface area contributed by atoms with Crippen molar-refractivity contribution < 1.29 is 19.1 Å². The summed E-state index contributed by atoms with van der Waals surface area (Å²) in [7, 11) is 0. The maximum Gasteiger partial charge on any atom is 0.323 e. The Bertz CT molecular complexity index is 567. The van der Waals surface area contributed by atoms with Crippen LogP contribution >= 0.6 is 0 Å². The first-order valence-corrected chi connectivity index (χ1v) is 7.35. The zero-order valence-corrected chi connectivity index (χ0v) is 12.4. The van der Waals surface area contributed by atoms with Crippen molar-refractivity contribution in [1.29, 1.82) is 0 Å². The second-order valence-electron chi connectivity index (χ2n) is 5.25. The summed E-state index contributed by atoms with van der Waals surface area (Å²) in [6, 6.07) is 9.25. The fourth-order valence-corrected chi connectivity index (χ4v) is 2.57. The summed E-state index contributed by atoms with van der Waals surface area (Å²) >= 11 is 0. The van der Waals surface area contributed by atoms with E-state index in [4.69, 9.17) is 10.3 Å². The lowest BCUT2D eigenvalue weighted by Crippen LogP contribution is -2.38. The number of carbonyl (C=O) groups excluding carboxylic acids is 2. The van der Waals surface area contributed by atoms with Crippen LogP contribution in [0.2, 0.25) is 0 Å². The van der Waals surface area contributed by atoms with E-state index < -0.39 is 0 Å². The van der Waals surface area contributed by atoms with Gasteiger partial charge in [0.05, 0.1) is 0 Å². The quantitative estimate of drug-likeness (QED) is 0.330. The van der Waals surface area contributed by atoms with Gasteiger partial charge in [0.2, 0.25) is 5.78 Å². The first kappa shape index (κ1) is 16.1. The molecule has 1 fully saturated rings. The minimum Gasteiger partial charge on any atom is -0.460 e. The first-order chi connectivity index (χ1) is 10.7. The average molecular weight is 301 g/mol. The maximum absolute atomic E-state index is 12.2. The summed E-state index contributed by atoms with van der Waals surface area (Å²) in [5, 5.41) is 0. The van der Waals surface area contributed by atoms with Gasteiger partial charge in [0.1, 0.15) is 12.6 Å². The van der Waals surface area contributed by atoms with Gasteiger partial charge in [0.25, 0.3) is 0 Å². The molecular weight excluding hydrogens is 282 g/mol. The lowest BCUT2D eigenvalue weighted by molar-refractivity contribution is -0.150. The second-order valence-corrected chi connectivity index (χ2v) is 5.25. The van der Waals surface area contributed by atoms with Gasteiger partial charge in [-0.25, -0.2) is 0 Å². The van der Waals surface area contributed by atoms with E-state index in [1.54, 1.807) is 0 Å². The van der Waals surface area contributed by atoms with Gasteiger partial charge in [0.15, 0.2) is 0 Å². The van der Waals surface area contributed by atoms with E-state index in [9.17, 15) is 9.59 Å². The topological polar surface area (TPSA) is 83.0 Å². The van der Waals surface area contributed by atoms with Crippen LogP contribution in [0.1, 0.15) is 24.8 Å². The van der Waals surface area contributed by atoms with Gasteiger partial charge in [-0.05, 0) is 24.9 Å². The third kappa shape index (κ3) is 4.62. The molecular formula is C16H19N3O3. The number of ether oxygens (including phenoxy) is 1. The Hall–Kier alpha value is -2.30. The molecule has 116 valence electrons. The molecule has 1 heterocycles. The van der Waals surface area contributed by atoms with Crippen LogP contribution in [0, 0.1) is 0 Å². The molecule has 0 aliphatic carbocycles. The van der Waals surface area contributed by atoms with Crippen molar-refractivity contribution in [2.45, 2.75) is 31.9 Å². The molecule has 1 aromatic rings. The molecule has 2 rings (SSSR count). The van der Waals surface area contributed by atoms with Crippen LogP contribution in [0.4, 0.5) is 0 Å². The standard InChI is InChI=1S/C16H19N3O3/c17-18-11-14(20)8-10-19-9-4-7-15(19)16(21)22-12-13-5-2-1-3-6-13/h1-3,5-6,11,15H,4,7-10,12H2/t15-/m0/s1. The van der Waals surface area contributed by atoms with Crippen molar-refractivity contribution in [1.82, 2.24) is 4.90 Å². The van der Waals surface area contributed by atoms with Gasteiger partial charge in [0, 0.05) is 13.0 Å². The molecule has 1 aliphatic rings. The highest BCUT2D eigenvalue weighted by atomic mass is 16.5. The number of Topliss-reactive ketones (excluding diaryl/α,β-unsaturated/α-hetero) is 1. The lowest BCUT2D eigenvalue weighted by Gasteiger charge is -2.22. The summed E-state index contributed by atoms with van der Waals surface area (Å²) in [6.45, 7) is 1.50. The van der Waals surface area contributed by atoms with Crippen LogP contribution in [0.25, 0.3) is 5.53 Å².